The van der Waals surface area contributed by atoms with Crippen molar-refractivity contribution in [2.75, 3.05) is 45.1 Å². The number of amides is 1. The standard InChI is InChI=1S/C14H19Cl2N3O/c1-18-6-8-19(9-7-18)14(20)4-5-17-11-2-3-12(15)13(16)10-11/h2-3,10,17H,4-9H2,1H3. The maximum Gasteiger partial charge on any atom is 0.224 e. The smallest absolute Gasteiger partial charge is 0.224 e. The summed E-state index contributed by atoms with van der Waals surface area (Å²) in [5, 5.41) is 4.24. The third-order valence-corrected chi connectivity index (χ3v) is 4.18. The number of piperazine rings is 1. The minimum Gasteiger partial charge on any atom is -0.384 e. The number of hydrogen-bond donors (Lipinski definition) is 1. The topological polar surface area (TPSA) is 35.6 Å². The Kier molecular flexibility index (Phi) is 5.52. The Hall–Kier alpha value is -0.970. The molecule has 0 aromatic heterocycles. The third-order valence-electron chi connectivity index (χ3n) is 3.44. The van der Waals surface area contributed by atoms with E-state index in [4.69, 9.17) is 23.2 Å². The van der Waals surface area contributed by atoms with Crippen LogP contribution in [0.3, 0.4) is 0 Å². The zero-order chi connectivity index (χ0) is 14.5. The molecule has 1 N–H and O–H groups in total. The molecule has 0 radical (unpaired) electrons. The van der Waals surface area contributed by atoms with E-state index in [-0.39, 0.29) is 5.91 Å². The van der Waals surface area contributed by atoms with Gasteiger partial charge in [-0.1, -0.05) is 23.2 Å². The van der Waals surface area contributed by atoms with Gasteiger partial charge < -0.3 is 15.1 Å². The average molecular weight is 316 g/mol. The monoisotopic (exact) mass is 315 g/mol. The van der Waals surface area contributed by atoms with Crippen LogP contribution in [0, 0.1) is 0 Å². The Morgan fingerprint density at radius 1 is 1.20 bits per heavy atom. The van der Waals surface area contributed by atoms with Gasteiger partial charge in [0.25, 0.3) is 0 Å². The van der Waals surface area contributed by atoms with Crippen LogP contribution in [0.4, 0.5) is 5.69 Å². The van der Waals surface area contributed by atoms with E-state index in [0.29, 0.717) is 23.0 Å². The zero-order valence-corrected chi connectivity index (χ0v) is 13.0. The quantitative estimate of drug-likeness (QED) is 0.927. The highest BCUT2D eigenvalue weighted by molar-refractivity contribution is 6.42. The molecule has 2 rings (SSSR count). The maximum atomic E-state index is 12.0. The minimum absolute atomic E-state index is 0.200. The van der Waals surface area contributed by atoms with Gasteiger partial charge in [0.2, 0.25) is 5.91 Å². The number of benzene rings is 1. The van der Waals surface area contributed by atoms with Crippen molar-refractivity contribution in [3.8, 4) is 0 Å². The molecule has 1 aliphatic rings. The predicted octanol–water partition coefficient (Wildman–Crippen LogP) is 2.57. The first-order valence-electron chi connectivity index (χ1n) is 6.71. The second-order valence-corrected chi connectivity index (χ2v) is 5.80. The molecule has 0 aliphatic carbocycles. The van der Waals surface area contributed by atoms with Crippen LogP contribution in [0.5, 0.6) is 0 Å². The Balaban J connectivity index is 1.75. The number of hydrogen-bond acceptors (Lipinski definition) is 3. The molecule has 0 bridgehead atoms. The van der Waals surface area contributed by atoms with E-state index in [1.165, 1.54) is 0 Å². The molecule has 6 heteroatoms. The van der Waals surface area contributed by atoms with E-state index in [0.717, 1.165) is 31.9 Å². The van der Waals surface area contributed by atoms with Gasteiger partial charge in [-0.2, -0.15) is 0 Å². The lowest BCUT2D eigenvalue weighted by molar-refractivity contribution is -0.132. The van der Waals surface area contributed by atoms with Crippen molar-refractivity contribution in [1.82, 2.24) is 9.80 Å². The molecular weight excluding hydrogens is 297 g/mol. The molecule has 1 heterocycles. The summed E-state index contributed by atoms with van der Waals surface area (Å²) >= 11 is 11.8. The molecule has 1 amide bonds. The van der Waals surface area contributed by atoms with Crippen LogP contribution >= 0.6 is 23.2 Å². The van der Waals surface area contributed by atoms with E-state index in [2.05, 4.69) is 17.3 Å². The lowest BCUT2D eigenvalue weighted by atomic mass is 10.2. The Morgan fingerprint density at radius 3 is 2.55 bits per heavy atom. The van der Waals surface area contributed by atoms with Crippen LogP contribution in [0.25, 0.3) is 0 Å². The largest absolute Gasteiger partial charge is 0.384 e. The number of rotatable bonds is 4. The highest BCUT2D eigenvalue weighted by Gasteiger charge is 2.18. The first kappa shape index (κ1) is 15.4. The second-order valence-electron chi connectivity index (χ2n) is 4.99. The lowest BCUT2D eigenvalue weighted by Crippen LogP contribution is -2.47. The second kappa shape index (κ2) is 7.16. The first-order valence-corrected chi connectivity index (χ1v) is 7.47. The van der Waals surface area contributed by atoms with Crippen LogP contribution < -0.4 is 5.32 Å². The number of nitrogens with one attached hydrogen (secondary N) is 1. The van der Waals surface area contributed by atoms with Crippen LogP contribution in [0.15, 0.2) is 18.2 Å². The normalized spacial score (nSPS) is 16.2. The summed E-state index contributed by atoms with van der Waals surface area (Å²) in [5.41, 5.74) is 0.880. The van der Waals surface area contributed by atoms with E-state index < -0.39 is 0 Å². The molecule has 20 heavy (non-hydrogen) atoms. The number of likely N-dealkylation sites (N-methyl/N-ethyl adjacent to an activating group) is 1. The van der Waals surface area contributed by atoms with Crippen LogP contribution in [-0.2, 0) is 4.79 Å². The van der Waals surface area contributed by atoms with Gasteiger partial charge in [0.15, 0.2) is 0 Å². The van der Waals surface area contributed by atoms with E-state index in [9.17, 15) is 4.79 Å². The fourth-order valence-corrected chi connectivity index (χ4v) is 2.43. The summed E-state index contributed by atoms with van der Waals surface area (Å²) in [6.07, 6.45) is 0.490. The first-order chi connectivity index (χ1) is 9.56. The van der Waals surface area contributed by atoms with Gasteiger partial charge in [-0.05, 0) is 25.2 Å². The van der Waals surface area contributed by atoms with Crippen molar-refractivity contribution in [3.63, 3.8) is 0 Å². The predicted molar refractivity (Wildman–Crippen MR) is 83.6 cm³/mol. The summed E-state index contributed by atoms with van der Waals surface area (Å²) < 4.78 is 0. The summed E-state index contributed by atoms with van der Waals surface area (Å²) in [7, 11) is 2.08. The molecule has 1 fully saturated rings. The number of carbonyl (C=O) groups is 1. The lowest BCUT2D eigenvalue weighted by Gasteiger charge is -2.32. The van der Waals surface area contributed by atoms with E-state index in [1.807, 2.05) is 11.0 Å². The minimum atomic E-state index is 0.200. The van der Waals surface area contributed by atoms with Crippen molar-refractivity contribution < 1.29 is 4.79 Å². The summed E-state index contributed by atoms with van der Waals surface area (Å²) in [6.45, 7) is 4.14. The Labute approximate surface area is 129 Å². The summed E-state index contributed by atoms with van der Waals surface area (Å²) in [6, 6.07) is 5.37. The number of carbonyl (C=O) groups excluding carboxylic acids is 1. The Bertz CT molecular complexity index is 473. The van der Waals surface area contributed by atoms with Crippen molar-refractivity contribution in [2.45, 2.75) is 6.42 Å². The van der Waals surface area contributed by atoms with Gasteiger partial charge in [0.1, 0.15) is 0 Å². The van der Waals surface area contributed by atoms with Crippen molar-refractivity contribution in [1.29, 1.82) is 0 Å². The Morgan fingerprint density at radius 2 is 1.90 bits per heavy atom. The van der Waals surface area contributed by atoms with Gasteiger partial charge in [0.05, 0.1) is 10.0 Å². The number of halogens is 2. The number of anilines is 1. The van der Waals surface area contributed by atoms with Crippen LogP contribution in [-0.4, -0.2) is 55.5 Å². The fraction of sp³-hybridized carbons (Fsp3) is 0.500. The summed E-state index contributed by atoms with van der Waals surface area (Å²) in [4.78, 5) is 16.2. The average Bonchev–Trinajstić information content (AvgIpc) is 2.43. The van der Waals surface area contributed by atoms with Crippen molar-refractivity contribution >= 4 is 34.8 Å². The van der Waals surface area contributed by atoms with Gasteiger partial charge >= 0.3 is 0 Å². The van der Waals surface area contributed by atoms with Crippen LogP contribution in [0.2, 0.25) is 10.0 Å². The van der Waals surface area contributed by atoms with Gasteiger partial charge in [-0.3, -0.25) is 4.79 Å². The fourth-order valence-electron chi connectivity index (χ4n) is 2.13. The molecule has 110 valence electrons. The van der Waals surface area contributed by atoms with Gasteiger partial charge in [-0.15, -0.1) is 0 Å². The highest BCUT2D eigenvalue weighted by Crippen LogP contribution is 2.24. The summed E-state index contributed by atoms with van der Waals surface area (Å²) in [5.74, 6) is 0.200. The van der Waals surface area contributed by atoms with Crippen molar-refractivity contribution in [3.05, 3.63) is 28.2 Å². The number of nitrogens with zero attached hydrogens (tertiary/aromatic N) is 2. The molecule has 0 spiro atoms. The zero-order valence-electron chi connectivity index (χ0n) is 11.5. The van der Waals surface area contributed by atoms with E-state index >= 15 is 0 Å². The van der Waals surface area contributed by atoms with Gasteiger partial charge in [-0.25, -0.2) is 0 Å². The molecule has 1 aromatic carbocycles. The SMILES string of the molecule is CN1CCN(C(=O)CCNc2ccc(Cl)c(Cl)c2)CC1. The molecule has 0 saturated carbocycles. The molecule has 0 unspecified atom stereocenters. The maximum absolute atomic E-state index is 12.0. The molecular formula is C14H19Cl2N3O. The molecule has 0 atom stereocenters. The molecule has 1 saturated heterocycles. The third kappa shape index (κ3) is 4.27. The highest BCUT2D eigenvalue weighted by atomic mass is 35.5. The van der Waals surface area contributed by atoms with Crippen LogP contribution in [0.1, 0.15) is 6.42 Å². The van der Waals surface area contributed by atoms with Gasteiger partial charge in [0, 0.05) is 44.8 Å². The van der Waals surface area contributed by atoms with Crippen molar-refractivity contribution in [2.24, 2.45) is 0 Å². The molecule has 1 aliphatic heterocycles. The van der Waals surface area contributed by atoms with E-state index in [1.54, 1.807) is 12.1 Å². The molecule has 4 nitrogen and oxygen atoms in total. The molecule has 1 aromatic rings.